The van der Waals surface area contributed by atoms with Crippen molar-refractivity contribution < 1.29 is 24.4 Å². The normalized spacial score (nSPS) is 19.2. The molecule has 7 nitrogen and oxygen atoms in total. The van der Waals surface area contributed by atoms with Crippen LogP contribution in [0.1, 0.15) is 35.4 Å². The monoisotopic (exact) mass is 418 g/mol. The molecule has 0 saturated heterocycles. The van der Waals surface area contributed by atoms with Gasteiger partial charge in [0.1, 0.15) is 17.2 Å². The highest BCUT2D eigenvalue weighted by molar-refractivity contribution is 6.04. The zero-order valence-electron chi connectivity index (χ0n) is 17.1. The van der Waals surface area contributed by atoms with Crippen LogP contribution in [0.3, 0.4) is 0 Å². The van der Waals surface area contributed by atoms with Crippen molar-refractivity contribution in [1.29, 1.82) is 0 Å². The maximum absolute atomic E-state index is 10.5. The quantitative estimate of drug-likeness (QED) is 0.655. The molecule has 0 saturated carbocycles. The SMILES string of the molecule is COc1ccc(O)c(C2=NN3C(C2)c2cccc(OC)c2OC3c2ccc(O)cc2)c1. The highest BCUT2D eigenvalue weighted by Gasteiger charge is 2.42. The smallest absolute Gasteiger partial charge is 0.214 e. The Balaban J connectivity index is 1.63. The van der Waals surface area contributed by atoms with Crippen molar-refractivity contribution in [3.05, 3.63) is 77.4 Å². The minimum Gasteiger partial charge on any atom is -0.508 e. The van der Waals surface area contributed by atoms with Crippen LogP contribution in [0.25, 0.3) is 0 Å². The summed E-state index contributed by atoms with van der Waals surface area (Å²) < 4.78 is 17.3. The number of fused-ring (bicyclic) bond motifs is 3. The zero-order valence-corrected chi connectivity index (χ0v) is 17.1. The molecule has 7 heteroatoms. The summed E-state index contributed by atoms with van der Waals surface area (Å²) in [5, 5.41) is 27.0. The minimum absolute atomic E-state index is 0.0988. The molecule has 0 radical (unpaired) electrons. The molecule has 0 aliphatic carbocycles. The second-order valence-electron chi connectivity index (χ2n) is 7.47. The maximum atomic E-state index is 10.5. The zero-order chi connectivity index (χ0) is 21.5. The van der Waals surface area contributed by atoms with Gasteiger partial charge >= 0.3 is 0 Å². The number of phenolic OH excluding ortho intramolecular Hbond substituents is 2. The third kappa shape index (κ3) is 3.18. The fourth-order valence-corrected chi connectivity index (χ4v) is 4.14. The molecular formula is C24H22N2O5. The van der Waals surface area contributed by atoms with Crippen LogP contribution in [0, 0.1) is 0 Å². The third-order valence-corrected chi connectivity index (χ3v) is 5.69. The number of aromatic hydroxyl groups is 2. The number of hydrogen-bond donors (Lipinski definition) is 2. The summed E-state index contributed by atoms with van der Waals surface area (Å²) in [6, 6.07) is 17.7. The number of hydrogen-bond acceptors (Lipinski definition) is 7. The van der Waals surface area contributed by atoms with E-state index in [-0.39, 0.29) is 17.5 Å². The highest BCUT2D eigenvalue weighted by Crippen LogP contribution is 2.51. The Kier molecular flexibility index (Phi) is 4.58. The summed E-state index contributed by atoms with van der Waals surface area (Å²) in [6.45, 7) is 0. The molecule has 2 aliphatic heterocycles. The molecule has 2 aliphatic rings. The van der Waals surface area contributed by atoms with E-state index in [1.807, 2.05) is 35.3 Å². The maximum Gasteiger partial charge on any atom is 0.214 e. The van der Waals surface area contributed by atoms with Crippen LogP contribution in [-0.4, -0.2) is 35.2 Å². The lowest BCUT2D eigenvalue weighted by molar-refractivity contribution is -0.0209. The third-order valence-electron chi connectivity index (χ3n) is 5.69. The van der Waals surface area contributed by atoms with Gasteiger partial charge in [0.05, 0.1) is 26.0 Å². The van der Waals surface area contributed by atoms with Crippen LogP contribution >= 0.6 is 0 Å². The lowest BCUT2D eigenvalue weighted by atomic mass is 9.95. The van der Waals surface area contributed by atoms with Crippen molar-refractivity contribution in [2.24, 2.45) is 5.10 Å². The van der Waals surface area contributed by atoms with Gasteiger partial charge in [-0.25, -0.2) is 5.01 Å². The average Bonchev–Trinajstić information content (AvgIpc) is 3.24. The first kappa shape index (κ1) is 19.1. The van der Waals surface area contributed by atoms with E-state index in [2.05, 4.69) is 0 Å². The summed E-state index contributed by atoms with van der Waals surface area (Å²) in [5.74, 6) is 2.30. The average molecular weight is 418 g/mol. The van der Waals surface area contributed by atoms with Gasteiger partial charge in [0.15, 0.2) is 11.5 Å². The number of nitrogens with zero attached hydrogens (tertiary/aromatic N) is 2. The highest BCUT2D eigenvalue weighted by atomic mass is 16.5. The van der Waals surface area contributed by atoms with Gasteiger partial charge < -0.3 is 24.4 Å². The van der Waals surface area contributed by atoms with Crippen molar-refractivity contribution in [2.75, 3.05) is 14.2 Å². The molecule has 2 N–H and O–H groups in total. The first-order valence-corrected chi connectivity index (χ1v) is 9.94. The van der Waals surface area contributed by atoms with Gasteiger partial charge in [-0.1, -0.05) is 12.1 Å². The van der Waals surface area contributed by atoms with Gasteiger partial charge in [0.2, 0.25) is 6.23 Å². The van der Waals surface area contributed by atoms with E-state index in [1.165, 1.54) is 0 Å². The van der Waals surface area contributed by atoms with Gasteiger partial charge in [-0.2, -0.15) is 5.10 Å². The Morgan fingerprint density at radius 2 is 1.81 bits per heavy atom. The topological polar surface area (TPSA) is 83.8 Å². The van der Waals surface area contributed by atoms with Crippen LogP contribution in [0.5, 0.6) is 28.7 Å². The number of phenols is 2. The number of para-hydroxylation sites is 1. The second-order valence-corrected chi connectivity index (χ2v) is 7.47. The Labute approximate surface area is 179 Å². The number of hydrazone groups is 1. The lowest BCUT2D eigenvalue weighted by Gasteiger charge is -2.38. The number of ether oxygens (including phenoxy) is 3. The van der Waals surface area contributed by atoms with Crippen LogP contribution in [0.15, 0.2) is 65.8 Å². The molecule has 0 aromatic heterocycles. The molecule has 2 heterocycles. The van der Waals surface area contributed by atoms with Crippen molar-refractivity contribution >= 4 is 5.71 Å². The number of benzene rings is 3. The fraction of sp³-hybridized carbons (Fsp3) is 0.208. The second kappa shape index (κ2) is 7.43. The molecule has 5 rings (SSSR count). The predicted octanol–water partition coefficient (Wildman–Crippen LogP) is 4.36. The van der Waals surface area contributed by atoms with Gasteiger partial charge in [-0.05, 0) is 48.5 Å². The Hall–Kier alpha value is -3.87. The molecule has 2 unspecified atom stereocenters. The molecule has 0 spiro atoms. The van der Waals surface area contributed by atoms with Gasteiger partial charge in [-0.3, -0.25) is 0 Å². The minimum atomic E-state index is -0.514. The summed E-state index contributed by atoms with van der Waals surface area (Å²) in [5.41, 5.74) is 3.18. The van der Waals surface area contributed by atoms with Crippen LogP contribution in [0.4, 0.5) is 0 Å². The van der Waals surface area contributed by atoms with E-state index >= 15 is 0 Å². The fourth-order valence-electron chi connectivity index (χ4n) is 4.14. The van der Waals surface area contributed by atoms with Crippen LogP contribution in [0.2, 0.25) is 0 Å². The van der Waals surface area contributed by atoms with E-state index in [9.17, 15) is 10.2 Å². The molecule has 0 fully saturated rings. The van der Waals surface area contributed by atoms with Crippen molar-refractivity contribution in [3.63, 3.8) is 0 Å². The molecule has 3 aromatic rings. The van der Waals surface area contributed by atoms with Gasteiger partial charge in [0.25, 0.3) is 0 Å². The molecular weight excluding hydrogens is 396 g/mol. The predicted molar refractivity (Wildman–Crippen MR) is 115 cm³/mol. The standard InChI is InChI=1S/C24H22N2O5/c1-29-16-10-11-21(28)18(12-16)19-13-20-17-4-3-5-22(30-2)23(17)31-24(26(20)25-19)14-6-8-15(27)9-7-14/h3-12,20,24,27-28H,13H2,1-2H3. The van der Waals surface area contributed by atoms with Gasteiger partial charge in [0, 0.05) is 23.1 Å². The summed E-state index contributed by atoms with van der Waals surface area (Å²) in [6.07, 6.45) is 0.0680. The molecule has 158 valence electrons. The van der Waals surface area contributed by atoms with E-state index < -0.39 is 6.23 Å². The molecule has 3 aromatic carbocycles. The lowest BCUT2D eigenvalue weighted by Crippen LogP contribution is -2.33. The van der Waals surface area contributed by atoms with Gasteiger partial charge in [-0.15, -0.1) is 0 Å². The van der Waals surface area contributed by atoms with Crippen LogP contribution < -0.4 is 14.2 Å². The van der Waals surface area contributed by atoms with Crippen LogP contribution in [-0.2, 0) is 0 Å². The van der Waals surface area contributed by atoms with Crippen molar-refractivity contribution in [1.82, 2.24) is 5.01 Å². The van der Waals surface area contributed by atoms with E-state index in [1.54, 1.807) is 44.6 Å². The first-order chi connectivity index (χ1) is 15.1. The first-order valence-electron chi connectivity index (χ1n) is 9.94. The molecule has 0 bridgehead atoms. The Bertz CT molecular complexity index is 1160. The van der Waals surface area contributed by atoms with E-state index in [0.717, 1.165) is 16.8 Å². The molecule has 2 atom stereocenters. The largest absolute Gasteiger partial charge is 0.508 e. The summed E-state index contributed by atoms with van der Waals surface area (Å²) in [4.78, 5) is 0. The Morgan fingerprint density at radius 1 is 1.00 bits per heavy atom. The molecule has 0 amide bonds. The van der Waals surface area contributed by atoms with Crippen molar-refractivity contribution in [3.8, 4) is 28.7 Å². The number of rotatable bonds is 4. The van der Waals surface area contributed by atoms with E-state index in [4.69, 9.17) is 19.3 Å². The Morgan fingerprint density at radius 3 is 2.55 bits per heavy atom. The molecule has 31 heavy (non-hydrogen) atoms. The van der Waals surface area contributed by atoms with E-state index in [0.29, 0.717) is 29.2 Å². The summed E-state index contributed by atoms with van der Waals surface area (Å²) >= 11 is 0. The summed E-state index contributed by atoms with van der Waals surface area (Å²) in [7, 11) is 3.21. The number of methoxy groups -OCH3 is 2. The van der Waals surface area contributed by atoms with Crippen molar-refractivity contribution in [2.45, 2.75) is 18.7 Å².